The Balaban J connectivity index is 2.12. The number of hydrogen-bond donors (Lipinski definition) is 2. The summed E-state index contributed by atoms with van der Waals surface area (Å²) < 4.78 is 9.89. The van der Waals surface area contributed by atoms with Crippen molar-refractivity contribution in [2.75, 3.05) is 5.32 Å². The lowest BCUT2D eigenvalue weighted by atomic mass is 10.2. The summed E-state index contributed by atoms with van der Waals surface area (Å²) in [6.07, 6.45) is 1.19. The van der Waals surface area contributed by atoms with Crippen molar-refractivity contribution in [3.63, 3.8) is 0 Å². The Labute approximate surface area is 120 Å². The number of benzene rings is 1. The standard InChI is InChI=1S/C14H14N2O5/c1-14(2)20-12(18)10(13(19)21-14)7-16-9-5-3-8(4-6-9)11(15)17/h3-7,16H,1-2H3,(H2,15,17). The maximum Gasteiger partial charge on any atom is 0.350 e. The van der Waals surface area contributed by atoms with Crippen molar-refractivity contribution in [2.45, 2.75) is 19.6 Å². The van der Waals surface area contributed by atoms with E-state index in [2.05, 4.69) is 5.32 Å². The lowest BCUT2D eigenvalue weighted by molar-refractivity contribution is -0.222. The molecule has 7 nitrogen and oxygen atoms in total. The molecule has 1 heterocycles. The largest absolute Gasteiger partial charge is 0.419 e. The number of carbonyl (C=O) groups is 3. The van der Waals surface area contributed by atoms with Gasteiger partial charge in [-0.3, -0.25) is 4.79 Å². The molecule has 1 amide bonds. The van der Waals surface area contributed by atoms with Gasteiger partial charge in [0.25, 0.3) is 5.79 Å². The molecule has 2 rings (SSSR count). The zero-order valence-corrected chi connectivity index (χ0v) is 11.5. The number of nitrogens with two attached hydrogens (primary N) is 1. The van der Waals surface area contributed by atoms with Gasteiger partial charge in [-0.05, 0) is 24.3 Å². The highest BCUT2D eigenvalue weighted by molar-refractivity contribution is 6.15. The van der Waals surface area contributed by atoms with E-state index in [1.54, 1.807) is 12.1 Å². The highest BCUT2D eigenvalue weighted by atomic mass is 16.7. The van der Waals surface area contributed by atoms with E-state index in [0.717, 1.165) is 0 Å². The van der Waals surface area contributed by atoms with E-state index < -0.39 is 23.6 Å². The summed E-state index contributed by atoms with van der Waals surface area (Å²) in [6, 6.07) is 6.20. The predicted molar refractivity (Wildman–Crippen MR) is 72.9 cm³/mol. The Bertz CT molecular complexity index is 609. The molecule has 1 aromatic carbocycles. The van der Waals surface area contributed by atoms with Crippen LogP contribution >= 0.6 is 0 Å². The van der Waals surface area contributed by atoms with Gasteiger partial charge >= 0.3 is 11.9 Å². The Morgan fingerprint density at radius 1 is 1.14 bits per heavy atom. The van der Waals surface area contributed by atoms with Crippen molar-refractivity contribution in [1.82, 2.24) is 0 Å². The number of anilines is 1. The molecule has 0 atom stereocenters. The first-order chi connectivity index (χ1) is 9.78. The summed E-state index contributed by atoms with van der Waals surface area (Å²) in [6.45, 7) is 2.94. The Hall–Kier alpha value is -2.83. The fourth-order valence-corrected chi connectivity index (χ4v) is 1.66. The van der Waals surface area contributed by atoms with Crippen molar-refractivity contribution in [1.29, 1.82) is 0 Å². The molecule has 1 aliphatic heterocycles. The van der Waals surface area contributed by atoms with E-state index in [4.69, 9.17) is 15.2 Å². The number of esters is 2. The minimum atomic E-state index is -1.27. The Morgan fingerprint density at radius 2 is 1.67 bits per heavy atom. The Morgan fingerprint density at radius 3 is 2.14 bits per heavy atom. The zero-order chi connectivity index (χ0) is 15.6. The van der Waals surface area contributed by atoms with E-state index >= 15 is 0 Å². The first kappa shape index (κ1) is 14.6. The van der Waals surface area contributed by atoms with Crippen LogP contribution in [0.25, 0.3) is 0 Å². The fourth-order valence-electron chi connectivity index (χ4n) is 1.66. The number of nitrogens with one attached hydrogen (secondary N) is 1. The average molecular weight is 290 g/mol. The maximum absolute atomic E-state index is 11.7. The van der Waals surface area contributed by atoms with Gasteiger partial charge in [0.1, 0.15) is 0 Å². The van der Waals surface area contributed by atoms with Gasteiger partial charge in [-0.2, -0.15) is 0 Å². The number of ether oxygens (including phenoxy) is 2. The summed E-state index contributed by atoms with van der Waals surface area (Å²) in [5, 5.41) is 2.75. The van der Waals surface area contributed by atoms with Crippen LogP contribution in [0.5, 0.6) is 0 Å². The molecule has 0 spiro atoms. The maximum atomic E-state index is 11.7. The van der Waals surface area contributed by atoms with E-state index in [-0.39, 0.29) is 5.57 Å². The monoisotopic (exact) mass is 290 g/mol. The number of primary amides is 1. The summed E-state index contributed by atoms with van der Waals surface area (Å²) in [5.74, 6) is -3.34. The van der Waals surface area contributed by atoms with E-state index in [1.165, 1.54) is 32.2 Å². The van der Waals surface area contributed by atoms with Crippen LogP contribution in [-0.4, -0.2) is 23.6 Å². The smallest absolute Gasteiger partial charge is 0.350 e. The average Bonchev–Trinajstić information content (AvgIpc) is 2.36. The zero-order valence-electron chi connectivity index (χ0n) is 11.5. The molecule has 1 aliphatic rings. The van der Waals surface area contributed by atoms with E-state index in [0.29, 0.717) is 11.3 Å². The minimum absolute atomic E-state index is 0.242. The highest BCUT2D eigenvalue weighted by Gasteiger charge is 2.38. The molecule has 1 fully saturated rings. The third-order valence-electron chi connectivity index (χ3n) is 2.67. The number of hydrogen-bond acceptors (Lipinski definition) is 6. The molecule has 0 aromatic heterocycles. The van der Waals surface area contributed by atoms with Gasteiger partial charge in [0.2, 0.25) is 5.91 Å². The van der Waals surface area contributed by atoms with Gasteiger partial charge in [-0.25, -0.2) is 9.59 Å². The molecular formula is C14H14N2O5. The van der Waals surface area contributed by atoms with Crippen LogP contribution in [0.15, 0.2) is 36.0 Å². The van der Waals surface area contributed by atoms with Crippen LogP contribution < -0.4 is 11.1 Å². The first-order valence-corrected chi connectivity index (χ1v) is 6.12. The van der Waals surface area contributed by atoms with Crippen molar-refractivity contribution >= 4 is 23.5 Å². The molecule has 21 heavy (non-hydrogen) atoms. The van der Waals surface area contributed by atoms with Crippen molar-refractivity contribution in [2.24, 2.45) is 5.73 Å². The summed E-state index contributed by atoms with van der Waals surface area (Å²) in [4.78, 5) is 34.3. The summed E-state index contributed by atoms with van der Waals surface area (Å²) in [5.41, 5.74) is 5.80. The summed E-state index contributed by atoms with van der Waals surface area (Å²) >= 11 is 0. The highest BCUT2D eigenvalue weighted by Crippen LogP contribution is 2.22. The van der Waals surface area contributed by atoms with Crippen LogP contribution in [0, 0.1) is 0 Å². The van der Waals surface area contributed by atoms with Crippen molar-refractivity contribution in [3.05, 3.63) is 41.6 Å². The SMILES string of the molecule is CC1(C)OC(=O)C(=CNc2ccc(C(N)=O)cc2)C(=O)O1. The number of carbonyl (C=O) groups excluding carboxylic acids is 3. The quantitative estimate of drug-likeness (QED) is 0.487. The second kappa shape index (κ2) is 5.28. The van der Waals surface area contributed by atoms with Gasteiger partial charge in [0.15, 0.2) is 5.57 Å². The third-order valence-corrected chi connectivity index (χ3v) is 2.67. The molecule has 1 aromatic rings. The molecule has 110 valence electrons. The van der Waals surface area contributed by atoms with Gasteiger partial charge in [-0.1, -0.05) is 0 Å². The van der Waals surface area contributed by atoms with Crippen LogP contribution in [0.4, 0.5) is 5.69 Å². The summed E-state index contributed by atoms with van der Waals surface area (Å²) in [7, 11) is 0. The van der Waals surface area contributed by atoms with E-state index in [1.807, 2.05) is 0 Å². The fraction of sp³-hybridized carbons (Fsp3) is 0.214. The molecule has 3 N–H and O–H groups in total. The van der Waals surface area contributed by atoms with Gasteiger partial charge in [0, 0.05) is 31.3 Å². The molecular weight excluding hydrogens is 276 g/mol. The number of amides is 1. The van der Waals surface area contributed by atoms with Crippen LogP contribution in [-0.2, 0) is 19.1 Å². The van der Waals surface area contributed by atoms with Crippen LogP contribution in [0.1, 0.15) is 24.2 Å². The molecule has 0 aliphatic carbocycles. The number of cyclic esters (lactones) is 2. The lowest BCUT2D eigenvalue weighted by Crippen LogP contribution is -2.42. The molecule has 0 saturated carbocycles. The van der Waals surface area contributed by atoms with Gasteiger partial charge in [0.05, 0.1) is 0 Å². The van der Waals surface area contributed by atoms with Crippen LogP contribution in [0.3, 0.4) is 0 Å². The second-order valence-corrected chi connectivity index (χ2v) is 4.82. The molecule has 0 radical (unpaired) electrons. The van der Waals surface area contributed by atoms with Crippen LogP contribution in [0.2, 0.25) is 0 Å². The van der Waals surface area contributed by atoms with Gasteiger partial charge in [-0.15, -0.1) is 0 Å². The minimum Gasteiger partial charge on any atom is -0.419 e. The predicted octanol–water partition coefficient (Wildman–Crippen LogP) is 0.917. The third kappa shape index (κ3) is 3.38. The first-order valence-electron chi connectivity index (χ1n) is 6.12. The van der Waals surface area contributed by atoms with E-state index in [9.17, 15) is 14.4 Å². The molecule has 0 unspecified atom stereocenters. The lowest BCUT2D eigenvalue weighted by Gasteiger charge is -2.29. The number of rotatable bonds is 3. The van der Waals surface area contributed by atoms with Crippen molar-refractivity contribution in [3.8, 4) is 0 Å². The topological polar surface area (TPSA) is 108 Å². The van der Waals surface area contributed by atoms with Crippen molar-refractivity contribution < 1.29 is 23.9 Å². The normalized spacial score (nSPS) is 16.8. The Kier molecular flexibility index (Phi) is 3.66. The second-order valence-electron chi connectivity index (χ2n) is 4.82. The van der Waals surface area contributed by atoms with Gasteiger partial charge < -0.3 is 20.5 Å². The molecule has 1 saturated heterocycles. The molecule has 0 bridgehead atoms. The molecule has 7 heteroatoms.